The molecule has 1 heterocycles. The van der Waals surface area contributed by atoms with Crippen molar-refractivity contribution in [3.05, 3.63) is 45.6 Å². The van der Waals surface area contributed by atoms with Crippen molar-refractivity contribution in [1.29, 1.82) is 0 Å². The van der Waals surface area contributed by atoms with E-state index in [1.165, 1.54) is 26.0 Å². The number of aliphatic hydroxyl groups excluding tert-OH is 4. The Morgan fingerprint density at radius 2 is 1.76 bits per heavy atom. The third kappa shape index (κ3) is 5.23. The predicted molar refractivity (Wildman–Crippen MR) is 139 cm³/mol. The summed E-state index contributed by atoms with van der Waals surface area (Å²) < 4.78 is 22.4. The standard InChI is InChI=1S/C26H33NO10S/c1-33-17-9-12-5-7-15(27-37-26-23(32)22(31)21(30)18(11-28)36-26)14-10-16(29)19(38-4)8-6-13(14)20(12)25(35-3)24(17)34-2/h6,8-10,15,18,21-23,26-28,30-32H,5,7,11H2,1-4H3/t15-,18-,21-,22+,23-,26+/m0/s1. The number of aliphatic hydroxyl groups is 4. The minimum absolute atomic E-state index is 0.179. The van der Waals surface area contributed by atoms with Crippen molar-refractivity contribution in [2.45, 2.75) is 54.5 Å². The van der Waals surface area contributed by atoms with Gasteiger partial charge in [0.05, 0.1) is 38.9 Å². The molecule has 11 nitrogen and oxygen atoms in total. The van der Waals surface area contributed by atoms with Crippen molar-refractivity contribution < 1.29 is 44.2 Å². The van der Waals surface area contributed by atoms with Crippen molar-refractivity contribution in [3.8, 4) is 28.4 Å². The fourth-order valence-corrected chi connectivity index (χ4v) is 5.37. The van der Waals surface area contributed by atoms with Gasteiger partial charge >= 0.3 is 0 Å². The lowest BCUT2D eigenvalue weighted by molar-refractivity contribution is -0.318. The summed E-state index contributed by atoms with van der Waals surface area (Å²) in [5, 5.41) is 40.1. The Kier molecular flexibility index (Phi) is 9.16. The van der Waals surface area contributed by atoms with Crippen LogP contribution in [0.3, 0.4) is 0 Å². The lowest BCUT2D eigenvalue weighted by atomic mass is 9.95. The minimum atomic E-state index is -1.59. The van der Waals surface area contributed by atoms with E-state index >= 15 is 0 Å². The fourth-order valence-electron chi connectivity index (χ4n) is 4.90. The molecule has 0 spiro atoms. The van der Waals surface area contributed by atoms with Crippen LogP contribution in [0.25, 0.3) is 11.1 Å². The molecule has 6 atom stereocenters. The van der Waals surface area contributed by atoms with Gasteiger partial charge in [0.15, 0.2) is 16.9 Å². The van der Waals surface area contributed by atoms with E-state index in [-0.39, 0.29) is 5.43 Å². The molecule has 0 radical (unpaired) electrons. The quantitative estimate of drug-likeness (QED) is 0.232. The molecule has 0 aromatic heterocycles. The average molecular weight is 552 g/mol. The predicted octanol–water partition coefficient (Wildman–Crippen LogP) is 0.770. The summed E-state index contributed by atoms with van der Waals surface area (Å²) in [6, 6.07) is 6.47. The number of rotatable bonds is 8. The number of hydrogen-bond acceptors (Lipinski definition) is 12. The van der Waals surface area contributed by atoms with Gasteiger partial charge in [-0.25, -0.2) is 0 Å². The first-order valence-corrected chi connectivity index (χ1v) is 13.3. The summed E-state index contributed by atoms with van der Waals surface area (Å²) in [5.41, 5.74) is 5.70. The molecule has 1 aliphatic heterocycles. The fraction of sp³-hybridized carbons (Fsp3) is 0.500. The van der Waals surface area contributed by atoms with Crippen LogP contribution in [0.4, 0.5) is 0 Å². The number of fused-ring (bicyclic) bond motifs is 3. The maximum absolute atomic E-state index is 13.1. The normalized spacial score (nSPS) is 26.6. The number of aryl methyl sites for hydroxylation is 1. The SMILES string of the molecule is COc1cc2c(c(OC)c1OC)-c1ccc(SC)c(=O)cc1[C@@H](NO[C@H]1O[C@@H](CO)[C@H](O)[C@@H](O)[C@@H]1O)CC2. The van der Waals surface area contributed by atoms with Crippen molar-refractivity contribution in [2.24, 2.45) is 0 Å². The monoisotopic (exact) mass is 551 g/mol. The van der Waals surface area contributed by atoms with Crippen molar-refractivity contribution in [2.75, 3.05) is 34.2 Å². The highest BCUT2D eigenvalue weighted by Gasteiger charge is 2.44. The Morgan fingerprint density at radius 3 is 2.39 bits per heavy atom. The highest BCUT2D eigenvalue weighted by atomic mass is 32.2. The van der Waals surface area contributed by atoms with Crippen LogP contribution in [0.2, 0.25) is 0 Å². The lowest BCUT2D eigenvalue weighted by Gasteiger charge is -2.39. The van der Waals surface area contributed by atoms with E-state index in [0.29, 0.717) is 46.1 Å². The minimum Gasteiger partial charge on any atom is -0.493 e. The molecule has 2 aromatic rings. The molecule has 1 aliphatic carbocycles. The molecule has 12 heteroatoms. The molecule has 0 amide bonds. The molecular formula is C26H33NO10S. The molecule has 5 N–H and O–H groups in total. The van der Waals surface area contributed by atoms with E-state index in [1.54, 1.807) is 19.2 Å². The molecule has 0 bridgehead atoms. The van der Waals surface area contributed by atoms with Crippen LogP contribution in [-0.2, 0) is 16.0 Å². The van der Waals surface area contributed by atoms with Gasteiger partial charge in [0.2, 0.25) is 12.0 Å². The Morgan fingerprint density at radius 1 is 1.03 bits per heavy atom. The van der Waals surface area contributed by atoms with Gasteiger partial charge in [-0.3, -0.25) is 9.63 Å². The van der Waals surface area contributed by atoms with Gasteiger partial charge in [0.25, 0.3) is 0 Å². The van der Waals surface area contributed by atoms with Crippen molar-refractivity contribution >= 4 is 11.8 Å². The summed E-state index contributed by atoms with van der Waals surface area (Å²) >= 11 is 1.33. The van der Waals surface area contributed by atoms with Gasteiger partial charge in [-0.1, -0.05) is 6.07 Å². The number of benzene rings is 1. The Labute approximate surface area is 224 Å². The maximum Gasteiger partial charge on any atom is 0.206 e. The van der Waals surface area contributed by atoms with E-state index in [0.717, 1.165) is 11.1 Å². The molecule has 1 saturated heterocycles. The second-order valence-electron chi connectivity index (χ2n) is 8.98. The average Bonchev–Trinajstić information content (AvgIpc) is 3.18. The molecule has 4 rings (SSSR count). The molecule has 0 saturated carbocycles. The zero-order valence-corrected chi connectivity index (χ0v) is 22.4. The second-order valence-corrected chi connectivity index (χ2v) is 9.83. The van der Waals surface area contributed by atoms with Crippen LogP contribution in [0.1, 0.15) is 23.6 Å². The highest BCUT2D eigenvalue weighted by molar-refractivity contribution is 7.98. The van der Waals surface area contributed by atoms with E-state index in [4.69, 9.17) is 23.8 Å². The molecule has 208 valence electrons. The van der Waals surface area contributed by atoms with Gasteiger partial charge < -0.3 is 39.4 Å². The largest absolute Gasteiger partial charge is 0.493 e. The van der Waals surface area contributed by atoms with E-state index in [9.17, 15) is 25.2 Å². The van der Waals surface area contributed by atoms with Gasteiger partial charge in [-0.2, -0.15) is 5.48 Å². The Hall–Kier alpha value is -2.42. The molecule has 38 heavy (non-hydrogen) atoms. The van der Waals surface area contributed by atoms with Gasteiger partial charge in [0.1, 0.15) is 24.4 Å². The molecule has 2 aliphatic rings. The highest BCUT2D eigenvalue weighted by Crippen LogP contribution is 2.50. The van der Waals surface area contributed by atoms with Crippen LogP contribution < -0.4 is 25.1 Å². The first kappa shape index (κ1) is 28.6. The van der Waals surface area contributed by atoms with Crippen LogP contribution in [0.15, 0.2) is 34.0 Å². The van der Waals surface area contributed by atoms with Crippen molar-refractivity contribution in [3.63, 3.8) is 0 Å². The zero-order chi connectivity index (χ0) is 27.6. The lowest BCUT2D eigenvalue weighted by Crippen LogP contribution is -2.60. The smallest absolute Gasteiger partial charge is 0.206 e. The number of ether oxygens (including phenoxy) is 4. The second kappa shape index (κ2) is 12.2. The topological polar surface area (TPSA) is 156 Å². The third-order valence-electron chi connectivity index (χ3n) is 6.90. The zero-order valence-electron chi connectivity index (χ0n) is 21.5. The summed E-state index contributed by atoms with van der Waals surface area (Å²) in [4.78, 5) is 19.3. The number of methoxy groups -OCH3 is 3. The summed E-state index contributed by atoms with van der Waals surface area (Å²) in [5.74, 6) is 1.38. The number of hydroxylamine groups is 1. The molecular weight excluding hydrogens is 518 g/mol. The van der Waals surface area contributed by atoms with E-state index in [2.05, 4.69) is 5.48 Å². The number of hydrogen-bond donors (Lipinski definition) is 5. The van der Waals surface area contributed by atoms with E-state index < -0.39 is 43.4 Å². The van der Waals surface area contributed by atoms with Gasteiger partial charge in [-0.15, -0.1) is 11.8 Å². The van der Waals surface area contributed by atoms with Crippen molar-refractivity contribution in [1.82, 2.24) is 5.48 Å². The summed E-state index contributed by atoms with van der Waals surface area (Å²) in [6.45, 7) is -0.581. The Balaban J connectivity index is 1.79. The third-order valence-corrected chi connectivity index (χ3v) is 7.67. The van der Waals surface area contributed by atoms with Crippen LogP contribution in [-0.4, -0.2) is 85.3 Å². The van der Waals surface area contributed by atoms with Crippen LogP contribution in [0, 0.1) is 0 Å². The van der Waals surface area contributed by atoms with E-state index in [1.807, 2.05) is 18.4 Å². The number of thioether (sulfide) groups is 1. The summed E-state index contributed by atoms with van der Waals surface area (Å²) in [6.07, 6.45) is -4.36. The first-order valence-electron chi connectivity index (χ1n) is 12.1. The first-order chi connectivity index (χ1) is 18.3. The van der Waals surface area contributed by atoms with Gasteiger partial charge in [-0.05, 0) is 54.0 Å². The molecule has 2 aromatic carbocycles. The molecule has 1 fully saturated rings. The summed E-state index contributed by atoms with van der Waals surface area (Å²) in [7, 11) is 4.60. The molecule has 0 unspecified atom stereocenters. The van der Waals surface area contributed by atoms with Crippen LogP contribution in [0.5, 0.6) is 17.2 Å². The maximum atomic E-state index is 13.1. The number of nitrogens with one attached hydrogen (secondary N) is 1. The van der Waals surface area contributed by atoms with Gasteiger partial charge in [0, 0.05) is 5.56 Å². The van der Waals surface area contributed by atoms with Crippen LogP contribution >= 0.6 is 11.8 Å². The Bertz CT molecular complexity index is 1210.